The number of benzene rings is 1. The molecule has 1 aromatic carbocycles. The Hall–Kier alpha value is -2.20. The van der Waals surface area contributed by atoms with Crippen LogP contribution in [-0.4, -0.2) is 29.0 Å². The third kappa shape index (κ3) is 2.42. The smallest absolute Gasteiger partial charge is 0.167 e. The van der Waals surface area contributed by atoms with E-state index in [0.29, 0.717) is 11.3 Å². The van der Waals surface area contributed by atoms with E-state index in [0.717, 1.165) is 25.1 Å². The van der Waals surface area contributed by atoms with Gasteiger partial charge in [-0.05, 0) is 25.1 Å². The first-order valence-electron chi connectivity index (χ1n) is 6.75. The molecule has 0 bridgehead atoms. The molecule has 20 heavy (non-hydrogen) atoms. The molecule has 0 spiro atoms. The molecule has 0 amide bonds. The lowest BCUT2D eigenvalue weighted by molar-refractivity contribution is 0.0931. The van der Waals surface area contributed by atoms with Crippen LogP contribution in [0.1, 0.15) is 16.8 Å². The summed E-state index contributed by atoms with van der Waals surface area (Å²) in [6.45, 7) is 1.65. The van der Waals surface area contributed by atoms with Crippen molar-refractivity contribution >= 4 is 5.78 Å². The number of aromatic nitrogens is 1. The molecule has 1 unspecified atom stereocenters. The molecule has 1 saturated heterocycles. The van der Waals surface area contributed by atoms with E-state index in [9.17, 15) is 9.90 Å². The summed E-state index contributed by atoms with van der Waals surface area (Å²) in [5.74, 6) is 0.339. The van der Waals surface area contributed by atoms with Crippen LogP contribution in [0.5, 0.6) is 5.75 Å². The van der Waals surface area contributed by atoms with Crippen LogP contribution in [0.25, 0.3) is 11.3 Å². The van der Waals surface area contributed by atoms with Gasteiger partial charge in [0.1, 0.15) is 5.75 Å². The average molecular weight is 268 g/mol. The van der Waals surface area contributed by atoms with E-state index in [1.54, 1.807) is 12.1 Å². The molecular weight excluding hydrogens is 252 g/mol. The van der Waals surface area contributed by atoms with Crippen LogP contribution < -0.4 is 5.32 Å². The van der Waals surface area contributed by atoms with E-state index in [1.165, 1.54) is 6.20 Å². The number of hydrogen-bond acceptors (Lipinski definition) is 4. The van der Waals surface area contributed by atoms with Crippen LogP contribution in [0.4, 0.5) is 0 Å². The second kappa shape index (κ2) is 5.43. The number of hydrogen-bond donors (Lipinski definition) is 2. The molecule has 1 fully saturated rings. The first kappa shape index (κ1) is 12.8. The van der Waals surface area contributed by atoms with E-state index >= 15 is 0 Å². The van der Waals surface area contributed by atoms with Crippen molar-refractivity contribution in [2.24, 2.45) is 5.92 Å². The van der Waals surface area contributed by atoms with E-state index in [2.05, 4.69) is 10.3 Å². The van der Waals surface area contributed by atoms with Gasteiger partial charge < -0.3 is 10.4 Å². The van der Waals surface area contributed by atoms with Crippen LogP contribution in [-0.2, 0) is 0 Å². The van der Waals surface area contributed by atoms with Crippen LogP contribution in [0.3, 0.4) is 0 Å². The van der Waals surface area contributed by atoms with Crippen molar-refractivity contribution in [1.82, 2.24) is 10.3 Å². The Bertz CT molecular complexity index is 617. The van der Waals surface area contributed by atoms with Gasteiger partial charge >= 0.3 is 0 Å². The van der Waals surface area contributed by atoms with Crippen LogP contribution in [0.15, 0.2) is 42.6 Å². The maximum Gasteiger partial charge on any atom is 0.167 e. The van der Waals surface area contributed by atoms with Crippen molar-refractivity contribution in [2.75, 3.05) is 13.1 Å². The summed E-state index contributed by atoms with van der Waals surface area (Å²) in [7, 11) is 0. The normalized spacial score (nSPS) is 18.1. The topological polar surface area (TPSA) is 62.2 Å². The molecular formula is C16H16N2O2. The van der Waals surface area contributed by atoms with Crippen molar-refractivity contribution in [3.8, 4) is 17.0 Å². The van der Waals surface area contributed by atoms with Gasteiger partial charge in [0, 0.05) is 23.6 Å². The van der Waals surface area contributed by atoms with Gasteiger partial charge in [-0.1, -0.05) is 24.3 Å². The maximum absolute atomic E-state index is 12.6. The predicted molar refractivity (Wildman–Crippen MR) is 76.6 cm³/mol. The molecule has 102 valence electrons. The van der Waals surface area contributed by atoms with Crippen molar-refractivity contribution < 1.29 is 9.90 Å². The standard InChI is InChI=1S/C16H16N2O2/c19-12-5-6-15(18-10-12)13-3-1-2-4-14(13)16(20)11-7-8-17-9-11/h1-6,10-11,17,19H,7-9H2. The van der Waals surface area contributed by atoms with Gasteiger partial charge in [-0.2, -0.15) is 0 Å². The van der Waals surface area contributed by atoms with Gasteiger partial charge in [-0.25, -0.2) is 0 Å². The molecule has 2 N–H and O–H groups in total. The highest BCUT2D eigenvalue weighted by atomic mass is 16.3. The van der Waals surface area contributed by atoms with Crippen LogP contribution in [0, 0.1) is 5.92 Å². The highest BCUT2D eigenvalue weighted by molar-refractivity contribution is 6.03. The van der Waals surface area contributed by atoms with E-state index in [-0.39, 0.29) is 17.5 Å². The largest absolute Gasteiger partial charge is 0.506 e. The van der Waals surface area contributed by atoms with Crippen molar-refractivity contribution in [1.29, 1.82) is 0 Å². The van der Waals surface area contributed by atoms with Gasteiger partial charge in [0.05, 0.1) is 11.9 Å². The molecule has 0 radical (unpaired) electrons. The summed E-state index contributed by atoms with van der Waals surface area (Å²) >= 11 is 0. The van der Waals surface area contributed by atoms with Crippen LogP contribution in [0.2, 0.25) is 0 Å². The van der Waals surface area contributed by atoms with Crippen molar-refractivity contribution in [3.63, 3.8) is 0 Å². The number of rotatable bonds is 3. The highest BCUT2D eigenvalue weighted by Crippen LogP contribution is 2.26. The highest BCUT2D eigenvalue weighted by Gasteiger charge is 2.25. The Morgan fingerprint density at radius 3 is 2.80 bits per heavy atom. The van der Waals surface area contributed by atoms with Crippen molar-refractivity contribution in [2.45, 2.75) is 6.42 Å². The summed E-state index contributed by atoms with van der Waals surface area (Å²) in [4.78, 5) is 16.8. The lowest BCUT2D eigenvalue weighted by Crippen LogP contribution is -2.18. The maximum atomic E-state index is 12.6. The Morgan fingerprint density at radius 2 is 2.10 bits per heavy atom. The van der Waals surface area contributed by atoms with Gasteiger partial charge in [0.2, 0.25) is 0 Å². The summed E-state index contributed by atoms with van der Waals surface area (Å²) in [5, 5.41) is 12.5. The second-order valence-corrected chi connectivity index (χ2v) is 5.00. The lowest BCUT2D eigenvalue weighted by Gasteiger charge is -2.12. The van der Waals surface area contributed by atoms with Crippen molar-refractivity contribution in [3.05, 3.63) is 48.2 Å². The quantitative estimate of drug-likeness (QED) is 0.838. The number of nitrogens with one attached hydrogen (secondary N) is 1. The molecule has 1 aliphatic rings. The predicted octanol–water partition coefficient (Wildman–Crippen LogP) is 2.25. The fourth-order valence-corrected chi connectivity index (χ4v) is 2.57. The Balaban J connectivity index is 1.99. The third-order valence-electron chi connectivity index (χ3n) is 3.65. The monoisotopic (exact) mass is 268 g/mol. The molecule has 2 aromatic rings. The Kier molecular flexibility index (Phi) is 3.48. The summed E-state index contributed by atoms with van der Waals surface area (Å²) in [5.41, 5.74) is 2.24. The Morgan fingerprint density at radius 1 is 1.25 bits per heavy atom. The average Bonchev–Trinajstić information content (AvgIpc) is 3.02. The molecule has 1 atom stereocenters. The van der Waals surface area contributed by atoms with E-state index < -0.39 is 0 Å². The number of ketones is 1. The van der Waals surface area contributed by atoms with Gasteiger partial charge in [-0.3, -0.25) is 9.78 Å². The zero-order valence-electron chi connectivity index (χ0n) is 11.0. The SMILES string of the molecule is O=C(c1ccccc1-c1ccc(O)cn1)C1CCNC1. The van der Waals surface area contributed by atoms with Gasteiger partial charge in [0.15, 0.2) is 5.78 Å². The minimum atomic E-state index is 0.0493. The number of nitrogens with zero attached hydrogens (tertiary/aromatic N) is 1. The summed E-state index contributed by atoms with van der Waals surface area (Å²) in [6, 6.07) is 10.8. The van der Waals surface area contributed by atoms with E-state index in [1.807, 2.05) is 24.3 Å². The second-order valence-electron chi connectivity index (χ2n) is 5.00. The number of aromatic hydroxyl groups is 1. The fourth-order valence-electron chi connectivity index (χ4n) is 2.57. The van der Waals surface area contributed by atoms with Crippen LogP contribution >= 0.6 is 0 Å². The third-order valence-corrected chi connectivity index (χ3v) is 3.65. The first-order chi connectivity index (χ1) is 9.75. The first-order valence-corrected chi connectivity index (χ1v) is 6.75. The molecule has 0 aliphatic carbocycles. The molecule has 0 saturated carbocycles. The summed E-state index contributed by atoms with van der Waals surface area (Å²) < 4.78 is 0. The minimum Gasteiger partial charge on any atom is -0.506 e. The molecule has 3 rings (SSSR count). The zero-order chi connectivity index (χ0) is 13.9. The molecule has 1 aliphatic heterocycles. The number of carbonyl (C=O) groups excluding carboxylic acids is 1. The number of pyridine rings is 1. The van der Waals surface area contributed by atoms with Gasteiger partial charge in [-0.15, -0.1) is 0 Å². The van der Waals surface area contributed by atoms with Gasteiger partial charge in [0.25, 0.3) is 0 Å². The minimum absolute atomic E-state index is 0.0493. The summed E-state index contributed by atoms with van der Waals surface area (Å²) in [6.07, 6.45) is 2.28. The zero-order valence-corrected chi connectivity index (χ0v) is 11.0. The fraction of sp³-hybridized carbons (Fsp3) is 0.250. The molecule has 2 heterocycles. The molecule has 1 aromatic heterocycles. The Labute approximate surface area is 117 Å². The lowest BCUT2D eigenvalue weighted by atomic mass is 9.92. The van der Waals surface area contributed by atoms with E-state index in [4.69, 9.17) is 0 Å². The number of Topliss-reactive ketones (excluding diaryl/α,β-unsaturated/α-hetero) is 1. The molecule has 4 heteroatoms. The number of carbonyl (C=O) groups is 1. The molecule has 4 nitrogen and oxygen atoms in total.